The number of aromatic nitrogens is 1. The minimum absolute atomic E-state index is 0.0846. The molecule has 0 bridgehead atoms. The molecule has 0 radical (unpaired) electrons. The molecule has 4 rings (SSSR count). The highest BCUT2D eigenvalue weighted by Crippen LogP contribution is 2.32. The molecule has 35 heavy (non-hydrogen) atoms. The van der Waals surface area contributed by atoms with Crippen LogP contribution in [0.3, 0.4) is 0 Å². The second-order valence-electron chi connectivity index (χ2n) is 8.63. The van der Waals surface area contributed by atoms with Crippen molar-refractivity contribution >= 4 is 27.2 Å². The summed E-state index contributed by atoms with van der Waals surface area (Å²) in [5.41, 5.74) is 2.47. The summed E-state index contributed by atoms with van der Waals surface area (Å²) in [4.78, 5) is 18.7. The normalized spacial score (nSPS) is 18.1. The Hall–Kier alpha value is -3.59. The molecule has 184 valence electrons. The lowest BCUT2D eigenvalue weighted by Gasteiger charge is -2.39. The van der Waals surface area contributed by atoms with Crippen LogP contribution < -0.4 is 20.3 Å². The Morgan fingerprint density at radius 3 is 2.49 bits per heavy atom. The fraction of sp³-hybridized carbons (Fsp3) is 0.308. The van der Waals surface area contributed by atoms with Gasteiger partial charge in [0.2, 0.25) is 0 Å². The minimum atomic E-state index is -3.48. The zero-order valence-electron chi connectivity index (χ0n) is 19.8. The Labute approximate surface area is 206 Å². The summed E-state index contributed by atoms with van der Waals surface area (Å²) in [6, 6.07) is 17.6. The van der Waals surface area contributed by atoms with Crippen molar-refractivity contribution in [2.24, 2.45) is 0 Å². The highest BCUT2D eigenvalue weighted by atomic mass is 32.2. The Kier molecular flexibility index (Phi) is 7.55. The van der Waals surface area contributed by atoms with Gasteiger partial charge in [-0.25, -0.2) is 13.2 Å². The smallest absolute Gasteiger partial charge is 0.319 e. The number of nitrogens with one attached hydrogen (secondary N) is 2. The summed E-state index contributed by atoms with van der Waals surface area (Å²) in [7, 11) is -1.85. The van der Waals surface area contributed by atoms with Crippen LogP contribution >= 0.6 is 0 Å². The van der Waals surface area contributed by atoms with Gasteiger partial charge in [0.1, 0.15) is 5.75 Å². The molecule has 2 aromatic carbocycles. The molecular formula is C26H30N4O4S. The topological polar surface area (TPSA) is 101 Å². The summed E-state index contributed by atoms with van der Waals surface area (Å²) in [6.07, 6.45) is 4.45. The van der Waals surface area contributed by atoms with E-state index in [1.54, 1.807) is 49.8 Å². The van der Waals surface area contributed by atoms with E-state index < -0.39 is 15.1 Å². The molecule has 8 nitrogen and oxygen atoms in total. The summed E-state index contributed by atoms with van der Waals surface area (Å²) < 4.78 is 31.9. The molecule has 9 heteroatoms. The molecule has 1 aromatic heterocycles. The third-order valence-electron chi connectivity index (χ3n) is 6.29. The van der Waals surface area contributed by atoms with E-state index in [1.165, 1.54) is 0 Å². The maximum absolute atomic E-state index is 13.3. The van der Waals surface area contributed by atoms with E-state index in [0.717, 1.165) is 17.0 Å². The van der Waals surface area contributed by atoms with Crippen molar-refractivity contribution in [3.05, 3.63) is 78.6 Å². The molecule has 0 spiro atoms. The van der Waals surface area contributed by atoms with Crippen LogP contribution in [-0.4, -0.2) is 44.4 Å². The number of rotatable bonds is 7. The molecule has 1 unspecified atom stereocenters. The molecule has 1 aliphatic rings. The number of hydrogen-bond donors (Lipinski definition) is 2. The van der Waals surface area contributed by atoms with E-state index in [9.17, 15) is 13.2 Å². The number of hydrogen-bond acceptors (Lipinski definition) is 6. The fourth-order valence-electron chi connectivity index (χ4n) is 4.35. The Bertz CT molecular complexity index is 1230. The summed E-state index contributed by atoms with van der Waals surface area (Å²) in [5, 5.41) is 5.03. The highest BCUT2D eigenvalue weighted by molar-refractivity contribution is 7.92. The lowest BCUT2D eigenvalue weighted by molar-refractivity contribution is 0.251. The second-order valence-corrected chi connectivity index (χ2v) is 10.9. The number of ether oxygens (including phenoxy) is 1. The first-order valence-corrected chi connectivity index (χ1v) is 13.1. The number of carbonyl (C=O) groups excluding carboxylic acids is 1. The van der Waals surface area contributed by atoms with Gasteiger partial charge in [-0.3, -0.25) is 4.98 Å². The number of nitrogens with zero attached hydrogens (tertiary/aromatic N) is 2. The summed E-state index contributed by atoms with van der Waals surface area (Å²) >= 11 is 0. The van der Waals surface area contributed by atoms with Crippen molar-refractivity contribution in [3.63, 3.8) is 0 Å². The Morgan fingerprint density at radius 1 is 1.11 bits per heavy atom. The number of anilines is 2. The maximum Gasteiger partial charge on any atom is 0.319 e. The molecule has 2 heterocycles. The Morgan fingerprint density at radius 2 is 1.86 bits per heavy atom. The molecule has 2 N–H and O–H groups in total. The molecule has 0 saturated carbocycles. The van der Waals surface area contributed by atoms with E-state index >= 15 is 0 Å². The van der Waals surface area contributed by atoms with Crippen LogP contribution in [0.1, 0.15) is 25.3 Å². The van der Waals surface area contributed by atoms with Gasteiger partial charge in [-0.1, -0.05) is 6.07 Å². The highest BCUT2D eigenvalue weighted by Gasteiger charge is 2.35. The first-order valence-electron chi connectivity index (χ1n) is 11.6. The van der Waals surface area contributed by atoms with Crippen molar-refractivity contribution in [2.75, 3.05) is 23.9 Å². The minimum Gasteiger partial charge on any atom is -0.497 e. The average molecular weight is 495 g/mol. The molecular weight excluding hydrogens is 464 g/mol. The standard InChI is InChI=1S/C26H30N4O4S/c1-19-16-25(13-15-30(19)22-7-9-23(34-2)10-8-22)35(32,33)24-11-5-21(6-12-24)29-26(31)28-18-20-4-3-14-27-17-20/h3-12,14,17,19,25H,13,15-16,18H2,1-2H3,(H2,28,29,31)/t19-,25?/m0/s1. The van der Waals surface area contributed by atoms with Gasteiger partial charge < -0.3 is 20.3 Å². The number of urea groups is 1. The number of piperidine rings is 1. The van der Waals surface area contributed by atoms with Crippen molar-refractivity contribution in [3.8, 4) is 5.75 Å². The number of amides is 2. The molecule has 3 aromatic rings. The zero-order chi connectivity index (χ0) is 24.8. The van der Waals surface area contributed by atoms with Crippen molar-refractivity contribution in [2.45, 2.75) is 42.5 Å². The first kappa shape index (κ1) is 24.5. The van der Waals surface area contributed by atoms with Gasteiger partial charge in [0.25, 0.3) is 0 Å². The lowest BCUT2D eigenvalue weighted by Crippen LogP contribution is -2.45. The van der Waals surface area contributed by atoms with Crippen molar-refractivity contribution in [1.29, 1.82) is 0 Å². The fourth-order valence-corrected chi connectivity index (χ4v) is 6.20. The monoisotopic (exact) mass is 494 g/mol. The van der Waals surface area contributed by atoms with Gasteiger partial charge in [-0.2, -0.15) is 0 Å². The zero-order valence-corrected chi connectivity index (χ0v) is 20.7. The van der Waals surface area contributed by atoms with E-state index in [0.29, 0.717) is 31.6 Å². The van der Waals surface area contributed by atoms with Crippen LogP contribution in [0.25, 0.3) is 0 Å². The van der Waals surface area contributed by atoms with Gasteiger partial charge in [0.05, 0.1) is 17.3 Å². The molecule has 0 aliphatic carbocycles. The van der Waals surface area contributed by atoms with Crippen molar-refractivity contribution in [1.82, 2.24) is 10.3 Å². The predicted octanol–water partition coefficient (Wildman–Crippen LogP) is 4.24. The van der Waals surface area contributed by atoms with Crippen LogP contribution in [0, 0.1) is 0 Å². The molecule has 1 saturated heterocycles. The molecule has 2 amide bonds. The number of carbonyl (C=O) groups is 1. The van der Waals surface area contributed by atoms with E-state index in [-0.39, 0.29) is 17.0 Å². The summed E-state index contributed by atoms with van der Waals surface area (Å²) in [5.74, 6) is 0.794. The first-order chi connectivity index (χ1) is 16.9. The van der Waals surface area contributed by atoms with E-state index in [1.807, 2.05) is 30.3 Å². The third-order valence-corrected chi connectivity index (χ3v) is 8.52. The largest absolute Gasteiger partial charge is 0.497 e. The van der Waals surface area contributed by atoms with Crippen LogP contribution in [0.15, 0.2) is 78.0 Å². The van der Waals surface area contributed by atoms with Gasteiger partial charge in [-0.15, -0.1) is 0 Å². The lowest BCUT2D eigenvalue weighted by atomic mass is 10.0. The number of sulfone groups is 1. The molecule has 1 aliphatic heterocycles. The quantitative estimate of drug-likeness (QED) is 0.510. The molecule has 2 atom stereocenters. The molecule has 1 fully saturated rings. The van der Waals surface area contributed by atoms with Crippen LogP contribution in [0.2, 0.25) is 0 Å². The van der Waals surface area contributed by atoms with Gasteiger partial charge in [0, 0.05) is 42.9 Å². The SMILES string of the molecule is COc1ccc(N2CCC(S(=O)(=O)c3ccc(NC(=O)NCc4cccnc4)cc3)C[C@@H]2C)cc1. The van der Waals surface area contributed by atoms with Crippen LogP contribution in [0.5, 0.6) is 5.75 Å². The second kappa shape index (κ2) is 10.8. The predicted molar refractivity (Wildman–Crippen MR) is 137 cm³/mol. The van der Waals surface area contributed by atoms with E-state index in [2.05, 4.69) is 27.4 Å². The summed E-state index contributed by atoms with van der Waals surface area (Å²) in [6.45, 7) is 3.07. The Balaban J connectivity index is 1.35. The van der Waals surface area contributed by atoms with E-state index in [4.69, 9.17) is 4.74 Å². The van der Waals surface area contributed by atoms with Crippen LogP contribution in [-0.2, 0) is 16.4 Å². The van der Waals surface area contributed by atoms with Crippen LogP contribution in [0.4, 0.5) is 16.2 Å². The van der Waals surface area contributed by atoms with Gasteiger partial charge in [-0.05, 0) is 79.9 Å². The van der Waals surface area contributed by atoms with Gasteiger partial charge in [0.15, 0.2) is 9.84 Å². The number of benzene rings is 2. The average Bonchev–Trinajstić information content (AvgIpc) is 2.88. The maximum atomic E-state index is 13.3. The van der Waals surface area contributed by atoms with Crippen molar-refractivity contribution < 1.29 is 17.9 Å². The number of methoxy groups -OCH3 is 1. The third kappa shape index (κ3) is 5.92. The van der Waals surface area contributed by atoms with Gasteiger partial charge >= 0.3 is 6.03 Å². The number of pyridine rings is 1.